The zero-order valence-electron chi connectivity index (χ0n) is 11.6. The number of hydrazone groups is 1. The lowest BCUT2D eigenvalue weighted by molar-refractivity contribution is 0.0688. The molecule has 0 aliphatic carbocycles. The molecule has 0 radical (unpaired) electrons. The lowest BCUT2D eigenvalue weighted by atomic mass is 10.1. The predicted octanol–water partition coefficient (Wildman–Crippen LogP) is 1.35. The third kappa shape index (κ3) is 2.25. The monoisotopic (exact) mass is 329 g/mol. The lowest BCUT2D eigenvalue weighted by Gasteiger charge is -2.13. The summed E-state index contributed by atoms with van der Waals surface area (Å²) in [6.45, 7) is 0. The topological polar surface area (TPSA) is 109 Å². The number of carbonyl (C=O) groups excluding carboxylic acids is 1. The third-order valence-electron chi connectivity index (χ3n) is 3.66. The summed E-state index contributed by atoms with van der Waals surface area (Å²) < 4.78 is 1.52. The Morgan fingerprint density at radius 3 is 2.83 bits per heavy atom. The molecule has 8 nitrogen and oxygen atoms in total. The third-order valence-corrected chi connectivity index (χ3v) is 4.73. The highest BCUT2D eigenvalue weighted by Crippen LogP contribution is 2.36. The van der Waals surface area contributed by atoms with E-state index >= 15 is 0 Å². The summed E-state index contributed by atoms with van der Waals surface area (Å²) >= 11 is 1.09. The molecular formula is C14H11N5O3S. The van der Waals surface area contributed by atoms with E-state index in [1.165, 1.54) is 4.68 Å². The van der Waals surface area contributed by atoms with Crippen LogP contribution in [0.15, 0.2) is 41.6 Å². The van der Waals surface area contributed by atoms with E-state index in [2.05, 4.69) is 20.9 Å². The minimum atomic E-state index is -1.12. The number of amides is 1. The van der Waals surface area contributed by atoms with Gasteiger partial charge in [0.2, 0.25) is 0 Å². The molecule has 4 rings (SSSR count). The summed E-state index contributed by atoms with van der Waals surface area (Å²) in [7, 11) is 0. The van der Waals surface area contributed by atoms with Crippen molar-refractivity contribution in [3.63, 3.8) is 0 Å². The van der Waals surface area contributed by atoms with Crippen molar-refractivity contribution in [2.24, 2.45) is 5.10 Å². The molecule has 1 aromatic heterocycles. The van der Waals surface area contributed by atoms with Gasteiger partial charge >= 0.3 is 5.97 Å². The van der Waals surface area contributed by atoms with Crippen LogP contribution in [-0.2, 0) is 0 Å². The molecule has 3 N–H and O–H groups in total. The van der Waals surface area contributed by atoms with Gasteiger partial charge in [-0.15, -0.1) is 0 Å². The number of thioether (sulfide) groups is 1. The van der Waals surface area contributed by atoms with Gasteiger partial charge in [-0.2, -0.15) is 10.2 Å². The van der Waals surface area contributed by atoms with Crippen LogP contribution in [0.4, 0.5) is 4.79 Å². The van der Waals surface area contributed by atoms with Crippen LogP contribution in [0.25, 0.3) is 5.69 Å². The van der Waals surface area contributed by atoms with Gasteiger partial charge in [0, 0.05) is 11.8 Å². The number of carboxylic acids is 1. The number of para-hydroxylation sites is 1. The van der Waals surface area contributed by atoms with Crippen LogP contribution in [-0.4, -0.2) is 37.2 Å². The van der Waals surface area contributed by atoms with Gasteiger partial charge in [0.05, 0.1) is 17.0 Å². The van der Waals surface area contributed by atoms with Gasteiger partial charge in [-0.1, -0.05) is 30.0 Å². The maximum atomic E-state index is 11.5. The molecule has 1 saturated heterocycles. The van der Waals surface area contributed by atoms with Gasteiger partial charge in [-0.3, -0.25) is 10.2 Å². The molecule has 1 fully saturated rings. The molecule has 23 heavy (non-hydrogen) atoms. The molecule has 3 heterocycles. The average Bonchev–Trinajstić information content (AvgIpc) is 3.21. The van der Waals surface area contributed by atoms with Gasteiger partial charge in [0.15, 0.2) is 5.69 Å². The number of nitrogens with zero attached hydrogens (tertiary/aromatic N) is 3. The van der Waals surface area contributed by atoms with Crippen LogP contribution in [0.2, 0.25) is 0 Å². The minimum Gasteiger partial charge on any atom is -0.476 e. The summed E-state index contributed by atoms with van der Waals surface area (Å²) in [5, 5.41) is 19.9. The summed E-state index contributed by atoms with van der Waals surface area (Å²) in [5.74, 6) is -0.596. The van der Waals surface area contributed by atoms with Crippen molar-refractivity contribution in [2.45, 2.75) is 11.3 Å². The van der Waals surface area contributed by atoms with Gasteiger partial charge in [-0.25, -0.2) is 9.48 Å². The highest BCUT2D eigenvalue weighted by atomic mass is 32.2. The van der Waals surface area contributed by atoms with Crippen LogP contribution in [0.3, 0.4) is 0 Å². The zero-order valence-corrected chi connectivity index (χ0v) is 12.4. The normalized spacial score (nSPS) is 22.3. The number of aromatic carboxylic acids is 1. The van der Waals surface area contributed by atoms with Crippen molar-refractivity contribution in [2.75, 3.05) is 0 Å². The van der Waals surface area contributed by atoms with Crippen LogP contribution in [0, 0.1) is 0 Å². The summed E-state index contributed by atoms with van der Waals surface area (Å²) in [6.07, 6.45) is 1.66. The Hall–Kier alpha value is -2.81. The number of fused-ring (bicyclic) bond motifs is 1. The second-order valence-electron chi connectivity index (χ2n) is 5.07. The number of aromatic nitrogens is 2. The highest BCUT2D eigenvalue weighted by molar-refractivity contribution is 8.15. The van der Waals surface area contributed by atoms with Gasteiger partial charge < -0.3 is 10.4 Å². The zero-order chi connectivity index (χ0) is 16.0. The quantitative estimate of drug-likeness (QED) is 0.784. The van der Waals surface area contributed by atoms with E-state index in [-0.39, 0.29) is 16.2 Å². The molecule has 0 bridgehead atoms. The first-order chi connectivity index (χ1) is 11.1. The molecule has 0 saturated carbocycles. The second-order valence-corrected chi connectivity index (χ2v) is 6.19. The average molecular weight is 329 g/mol. The van der Waals surface area contributed by atoms with Gasteiger partial charge in [0.25, 0.3) is 5.24 Å². The van der Waals surface area contributed by atoms with Crippen molar-refractivity contribution in [1.82, 2.24) is 20.5 Å². The maximum Gasteiger partial charge on any atom is 0.356 e. The van der Waals surface area contributed by atoms with E-state index in [1.807, 2.05) is 30.3 Å². The first kappa shape index (κ1) is 13.8. The number of carboxylic acid groups (broad SMARTS) is 1. The van der Waals surface area contributed by atoms with Crippen molar-refractivity contribution >= 4 is 28.8 Å². The lowest BCUT2D eigenvalue weighted by Crippen LogP contribution is -2.25. The van der Waals surface area contributed by atoms with Crippen LogP contribution in [0.5, 0.6) is 0 Å². The molecule has 116 valence electrons. The Morgan fingerprint density at radius 2 is 2.09 bits per heavy atom. The van der Waals surface area contributed by atoms with E-state index in [9.17, 15) is 14.7 Å². The van der Waals surface area contributed by atoms with Crippen molar-refractivity contribution in [3.05, 3.63) is 47.8 Å². The first-order valence-electron chi connectivity index (χ1n) is 6.82. The molecule has 2 aliphatic rings. The Bertz CT molecular complexity index is 832. The fraction of sp³-hybridized carbons (Fsp3) is 0.143. The predicted molar refractivity (Wildman–Crippen MR) is 83.7 cm³/mol. The Balaban J connectivity index is 1.75. The standard InChI is InChI=1S/C14H11N5O3S/c20-13(21)10-8(6-19(18-10)7-4-2-1-3-5-7)9-11-12(17-16-9)15-14(22)23-11/h1-6,9,11,16H,(H,20,21)(H,15,17,22)/t9-,11+/m1/s1. The number of carbonyl (C=O) groups is 2. The Labute approximate surface area is 134 Å². The van der Waals surface area contributed by atoms with Crippen LogP contribution in [0.1, 0.15) is 22.1 Å². The highest BCUT2D eigenvalue weighted by Gasteiger charge is 2.43. The van der Waals surface area contributed by atoms with Crippen LogP contribution < -0.4 is 10.7 Å². The summed E-state index contributed by atoms with van der Waals surface area (Å²) in [6, 6.07) is 8.82. The second kappa shape index (κ2) is 5.13. The molecule has 1 amide bonds. The molecule has 2 aromatic rings. The number of hydrogen-bond acceptors (Lipinski definition) is 6. The fourth-order valence-electron chi connectivity index (χ4n) is 2.63. The van der Waals surface area contributed by atoms with Gasteiger partial charge in [0.1, 0.15) is 5.84 Å². The van der Waals surface area contributed by atoms with Crippen molar-refractivity contribution in [3.8, 4) is 5.69 Å². The van der Waals surface area contributed by atoms with E-state index in [0.29, 0.717) is 11.4 Å². The van der Waals surface area contributed by atoms with E-state index in [4.69, 9.17) is 0 Å². The number of nitrogens with one attached hydrogen (secondary N) is 2. The molecular weight excluding hydrogens is 318 g/mol. The molecule has 2 atom stereocenters. The minimum absolute atomic E-state index is 0.0530. The molecule has 0 spiro atoms. The maximum absolute atomic E-state index is 11.5. The first-order valence-corrected chi connectivity index (χ1v) is 7.70. The Morgan fingerprint density at radius 1 is 1.30 bits per heavy atom. The van der Waals surface area contributed by atoms with E-state index in [1.54, 1.807) is 6.20 Å². The SMILES string of the molecule is O=C1NC2=NN[C@H](c3cn(-c4ccccc4)nc3C(=O)O)[C@@H]2S1. The van der Waals surface area contributed by atoms with Gasteiger partial charge in [-0.05, 0) is 12.1 Å². The number of rotatable bonds is 3. The molecule has 2 aliphatic heterocycles. The summed E-state index contributed by atoms with van der Waals surface area (Å²) in [5.41, 5.74) is 4.09. The summed E-state index contributed by atoms with van der Waals surface area (Å²) in [4.78, 5) is 23.0. The van der Waals surface area contributed by atoms with Crippen molar-refractivity contribution < 1.29 is 14.7 Å². The smallest absolute Gasteiger partial charge is 0.356 e. The number of amidine groups is 1. The van der Waals surface area contributed by atoms with E-state index in [0.717, 1.165) is 17.4 Å². The largest absolute Gasteiger partial charge is 0.476 e. The Kier molecular flexibility index (Phi) is 3.08. The molecule has 0 unspecified atom stereocenters. The molecule has 1 aromatic carbocycles. The van der Waals surface area contributed by atoms with E-state index < -0.39 is 12.0 Å². The molecule has 9 heteroatoms. The fourth-order valence-corrected chi connectivity index (χ4v) is 3.59. The van der Waals surface area contributed by atoms with Crippen LogP contribution >= 0.6 is 11.8 Å². The van der Waals surface area contributed by atoms with Crippen molar-refractivity contribution in [1.29, 1.82) is 0 Å². The number of hydrogen-bond donors (Lipinski definition) is 3. The number of benzene rings is 1.